The van der Waals surface area contributed by atoms with Gasteiger partial charge in [-0.25, -0.2) is 9.48 Å². The number of hydrogen-bond donors (Lipinski definition) is 2. The molecule has 2 N–H and O–H groups in total. The second kappa shape index (κ2) is 12.0. The van der Waals surface area contributed by atoms with Gasteiger partial charge in [-0.05, 0) is 74.1 Å². The van der Waals surface area contributed by atoms with E-state index in [1.807, 2.05) is 66.4 Å². The van der Waals surface area contributed by atoms with Gasteiger partial charge >= 0.3 is 6.03 Å². The van der Waals surface area contributed by atoms with Crippen molar-refractivity contribution in [3.63, 3.8) is 0 Å². The molecule has 0 atom stereocenters. The van der Waals surface area contributed by atoms with E-state index in [1.165, 1.54) is 5.56 Å². The van der Waals surface area contributed by atoms with Crippen LogP contribution in [-0.2, 0) is 11.8 Å². The van der Waals surface area contributed by atoms with Crippen LogP contribution in [-0.4, -0.2) is 44.7 Å². The molecule has 2 aromatic carbocycles. The van der Waals surface area contributed by atoms with Crippen molar-refractivity contribution >= 4 is 23.4 Å². The van der Waals surface area contributed by atoms with Gasteiger partial charge in [0, 0.05) is 42.7 Å². The number of carbonyl (C=O) groups excluding carboxylic acids is 2. The molecule has 4 aromatic rings. The van der Waals surface area contributed by atoms with Gasteiger partial charge in [0.15, 0.2) is 0 Å². The fraction of sp³-hybridized carbons (Fsp3) is 0.333. The summed E-state index contributed by atoms with van der Waals surface area (Å²) in [5.74, 6) is 1.14. The summed E-state index contributed by atoms with van der Waals surface area (Å²) in [6.45, 7) is 9.84. The molecule has 2 aromatic heterocycles. The topological polar surface area (TPSA) is 92.2 Å². The summed E-state index contributed by atoms with van der Waals surface area (Å²) >= 11 is 0. The third-order valence-corrected chi connectivity index (χ3v) is 7.52. The van der Waals surface area contributed by atoms with Crippen molar-refractivity contribution in [2.24, 2.45) is 5.92 Å². The van der Waals surface area contributed by atoms with Crippen LogP contribution >= 0.6 is 0 Å². The number of piperidine rings is 1. The first kappa shape index (κ1) is 28.1. The van der Waals surface area contributed by atoms with E-state index in [0.717, 1.165) is 55.0 Å². The predicted molar refractivity (Wildman–Crippen MR) is 163 cm³/mol. The highest BCUT2D eigenvalue weighted by molar-refractivity contribution is 5.99. The number of rotatable bonds is 6. The Morgan fingerprint density at radius 2 is 1.71 bits per heavy atom. The zero-order valence-corrected chi connectivity index (χ0v) is 24.2. The van der Waals surface area contributed by atoms with Gasteiger partial charge in [0.1, 0.15) is 5.82 Å². The van der Waals surface area contributed by atoms with Gasteiger partial charge in [-0.2, -0.15) is 5.10 Å². The summed E-state index contributed by atoms with van der Waals surface area (Å²) in [5, 5.41) is 10.8. The van der Waals surface area contributed by atoms with E-state index in [0.29, 0.717) is 17.3 Å². The van der Waals surface area contributed by atoms with Crippen molar-refractivity contribution in [2.75, 3.05) is 23.7 Å². The number of urea groups is 1. The number of pyridine rings is 1. The lowest BCUT2D eigenvalue weighted by Gasteiger charge is -2.32. The van der Waals surface area contributed by atoms with E-state index < -0.39 is 0 Å². The highest BCUT2D eigenvalue weighted by atomic mass is 16.2. The number of aryl methyl sites for hydroxylation is 1. The zero-order chi connectivity index (χ0) is 29.0. The van der Waals surface area contributed by atoms with E-state index in [2.05, 4.69) is 42.5 Å². The monoisotopic (exact) mass is 550 g/mol. The van der Waals surface area contributed by atoms with Crippen LogP contribution in [0.3, 0.4) is 0 Å². The fourth-order valence-electron chi connectivity index (χ4n) is 5.12. The van der Waals surface area contributed by atoms with Gasteiger partial charge in [-0.1, -0.05) is 50.6 Å². The van der Waals surface area contributed by atoms with Crippen molar-refractivity contribution in [3.8, 4) is 5.69 Å². The Bertz CT molecular complexity index is 1500. The first-order valence-electron chi connectivity index (χ1n) is 14.2. The van der Waals surface area contributed by atoms with Crippen LogP contribution in [0.5, 0.6) is 0 Å². The minimum atomic E-state index is -0.321. The maximum atomic E-state index is 13.1. The number of aromatic nitrogens is 3. The molecule has 1 fully saturated rings. The molecule has 212 valence electrons. The maximum absolute atomic E-state index is 13.1. The molecule has 0 spiro atoms. The number of amides is 3. The Morgan fingerprint density at radius 1 is 0.951 bits per heavy atom. The van der Waals surface area contributed by atoms with Crippen LogP contribution in [0.1, 0.15) is 60.8 Å². The maximum Gasteiger partial charge on any atom is 0.324 e. The Morgan fingerprint density at radius 3 is 2.39 bits per heavy atom. The molecule has 0 unspecified atom stereocenters. The fourth-order valence-corrected chi connectivity index (χ4v) is 5.12. The van der Waals surface area contributed by atoms with Gasteiger partial charge in [0.05, 0.1) is 16.9 Å². The Hall–Kier alpha value is -4.46. The molecule has 3 heterocycles. The normalized spacial score (nSPS) is 14.1. The SMILES string of the molecule is Cc1ccc(-n2nc(C(C)(C)C)cc2NC(=O)Nc2cccc(CC3CCN(C(=O)c4cccnc4)CC3)c2)cc1. The first-order chi connectivity index (χ1) is 19.7. The minimum absolute atomic E-state index is 0.0482. The van der Waals surface area contributed by atoms with Crippen LogP contribution in [0.25, 0.3) is 5.69 Å². The summed E-state index contributed by atoms with van der Waals surface area (Å²) in [5.41, 5.74) is 5.31. The molecule has 1 aliphatic heterocycles. The molecular formula is C33H38N6O2. The molecule has 0 bridgehead atoms. The highest BCUT2D eigenvalue weighted by Crippen LogP contribution is 2.27. The van der Waals surface area contributed by atoms with Crippen LogP contribution < -0.4 is 10.6 Å². The summed E-state index contributed by atoms with van der Waals surface area (Å²) < 4.78 is 1.78. The second-order valence-corrected chi connectivity index (χ2v) is 11.9. The largest absolute Gasteiger partial charge is 0.339 e. The van der Waals surface area contributed by atoms with E-state index in [1.54, 1.807) is 23.1 Å². The van der Waals surface area contributed by atoms with Crippen LogP contribution in [0.15, 0.2) is 79.1 Å². The molecule has 8 nitrogen and oxygen atoms in total. The Kier molecular flexibility index (Phi) is 8.19. The summed E-state index contributed by atoms with van der Waals surface area (Å²) in [7, 11) is 0. The molecule has 0 aliphatic carbocycles. The summed E-state index contributed by atoms with van der Waals surface area (Å²) in [6, 6.07) is 21.3. The van der Waals surface area contributed by atoms with Crippen molar-refractivity contribution in [3.05, 3.63) is 102 Å². The molecule has 0 saturated carbocycles. The lowest BCUT2D eigenvalue weighted by molar-refractivity contribution is 0.0690. The van der Waals surface area contributed by atoms with Crippen molar-refractivity contribution in [2.45, 2.75) is 52.4 Å². The van der Waals surface area contributed by atoms with E-state index >= 15 is 0 Å². The van der Waals surface area contributed by atoms with Gasteiger partial charge in [-0.15, -0.1) is 0 Å². The summed E-state index contributed by atoms with van der Waals surface area (Å²) in [6.07, 6.45) is 6.11. The van der Waals surface area contributed by atoms with Gasteiger partial charge in [0.2, 0.25) is 0 Å². The summed E-state index contributed by atoms with van der Waals surface area (Å²) in [4.78, 5) is 31.8. The van der Waals surface area contributed by atoms with Gasteiger partial charge in [-0.3, -0.25) is 15.1 Å². The number of nitrogens with zero attached hydrogens (tertiary/aromatic N) is 4. The Balaban J connectivity index is 1.21. The quantitative estimate of drug-likeness (QED) is 0.282. The number of carbonyl (C=O) groups is 2. The molecule has 0 radical (unpaired) electrons. The molecule has 41 heavy (non-hydrogen) atoms. The third kappa shape index (κ3) is 7.01. The van der Waals surface area contributed by atoms with E-state index in [-0.39, 0.29) is 17.4 Å². The molecular weight excluding hydrogens is 512 g/mol. The van der Waals surface area contributed by atoms with Gasteiger partial charge in [0.25, 0.3) is 5.91 Å². The van der Waals surface area contributed by atoms with Crippen LogP contribution in [0.2, 0.25) is 0 Å². The molecule has 5 rings (SSSR count). The molecule has 1 saturated heterocycles. The first-order valence-corrected chi connectivity index (χ1v) is 14.2. The van der Waals surface area contributed by atoms with Crippen molar-refractivity contribution in [1.82, 2.24) is 19.7 Å². The highest BCUT2D eigenvalue weighted by Gasteiger charge is 2.24. The number of likely N-dealkylation sites (tertiary alicyclic amines) is 1. The van der Waals surface area contributed by atoms with Crippen LogP contribution in [0, 0.1) is 12.8 Å². The molecule has 1 aliphatic rings. The number of anilines is 2. The third-order valence-electron chi connectivity index (χ3n) is 7.52. The zero-order valence-electron chi connectivity index (χ0n) is 24.2. The Labute approximate surface area is 241 Å². The second-order valence-electron chi connectivity index (χ2n) is 11.9. The smallest absolute Gasteiger partial charge is 0.324 e. The standard InChI is InChI=1S/C33H38N6O2/c1-23-10-12-28(13-11-23)39-30(21-29(37-39)33(2,3)4)36-32(41)35-27-9-5-7-25(20-27)19-24-14-17-38(18-15-24)31(40)26-8-6-16-34-22-26/h5-13,16,20-22,24H,14-15,17-19H2,1-4H3,(H2,35,36,41). The van der Waals surface area contributed by atoms with E-state index in [4.69, 9.17) is 5.10 Å². The number of hydrogen-bond acceptors (Lipinski definition) is 4. The molecule has 3 amide bonds. The lowest BCUT2D eigenvalue weighted by Crippen LogP contribution is -2.38. The van der Waals surface area contributed by atoms with Gasteiger partial charge < -0.3 is 10.2 Å². The average molecular weight is 551 g/mol. The predicted octanol–water partition coefficient (Wildman–Crippen LogP) is 6.61. The number of nitrogens with one attached hydrogen (secondary N) is 2. The van der Waals surface area contributed by atoms with E-state index in [9.17, 15) is 9.59 Å². The molecule has 8 heteroatoms. The lowest BCUT2D eigenvalue weighted by atomic mass is 9.90. The average Bonchev–Trinajstić information content (AvgIpc) is 3.38. The minimum Gasteiger partial charge on any atom is -0.339 e. The number of benzene rings is 2. The van der Waals surface area contributed by atoms with Crippen molar-refractivity contribution < 1.29 is 9.59 Å². The van der Waals surface area contributed by atoms with Crippen LogP contribution in [0.4, 0.5) is 16.3 Å². The van der Waals surface area contributed by atoms with Crippen molar-refractivity contribution in [1.29, 1.82) is 0 Å².